The summed E-state index contributed by atoms with van der Waals surface area (Å²) < 4.78 is 6.35. The minimum Gasteiger partial charge on any atom is -0.367 e. The molecule has 0 spiro atoms. The van der Waals surface area contributed by atoms with E-state index in [-0.39, 0.29) is 11.9 Å². The van der Waals surface area contributed by atoms with Crippen LogP contribution in [0.1, 0.15) is 9.67 Å². The van der Waals surface area contributed by atoms with Gasteiger partial charge in [0.2, 0.25) is 5.78 Å². The van der Waals surface area contributed by atoms with E-state index >= 15 is 0 Å². The molecule has 0 saturated carbocycles. The molecule has 0 N–H and O–H groups in total. The van der Waals surface area contributed by atoms with Crippen molar-refractivity contribution in [2.75, 3.05) is 26.7 Å². The molecule has 0 bridgehead atoms. The smallest absolute Gasteiger partial charge is 0.203 e. The van der Waals surface area contributed by atoms with E-state index in [0.717, 1.165) is 15.9 Å². The van der Waals surface area contributed by atoms with Crippen molar-refractivity contribution in [2.45, 2.75) is 6.10 Å². The zero-order valence-corrected chi connectivity index (χ0v) is 10.8. The predicted molar refractivity (Wildman–Crippen MR) is 63.6 cm³/mol. The summed E-state index contributed by atoms with van der Waals surface area (Å²) in [5, 5.41) is 1.91. The molecule has 2 heterocycles. The van der Waals surface area contributed by atoms with Crippen molar-refractivity contribution >= 4 is 33.0 Å². The lowest BCUT2D eigenvalue weighted by Crippen LogP contribution is -2.44. The Morgan fingerprint density at radius 3 is 3.13 bits per heavy atom. The van der Waals surface area contributed by atoms with E-state index in [1.165, 1.54) is 11.3 Å². The summed E-state index contributed by atoms with van der Waals surface area (Å²) in [5.74, 6) is 0.0865. The summed E-state index contributed by atoms with van der Waals surface area (Å²) in [5.41, 5.74) is 0. The van der Waals surface area contributed by atoms with E-state index in [9.17, 15) is 4.79 Å². The lowest BCUT2D eigenvalue weighted by atomic mass is 10.1. The first-order valence-corrected chi connectivity index (χ1v) is 6.43. The minimum atomic E-state index is -0.307. The Hall–Kier alpha value is -0.230. The maximum absolute atomic E-state index is 12.1. The lowest BCUT2D eigenvalue weighted by Gasteiger charge is -2.28. The van der Waals surface area contributed by atoms with Gasteiger partial charge in [0.25, 0.3) is 0 Å². The summed E-state index contributed by atoms with van der Waals surface area (Å²) >= 11 is 4.83. The molecule has 1 fully saturated rings. The molecular weight excluding hydrogens is 278 g/mol. The van der Waals surface area contributed by atoms with Crippen molar-refractivity contribution in [1.82, 2.24) is 4.90 Å². The highest BCUT2D eigenvalue weighted by molar-refractivity contribution is 9.10. The molecule has 0 aromatic carbocycles. The van der Waals surface area contributed by atoms with Crippen LogP contribution in [0.2, 0.25) is 0 Å². The number of Topliss-reactive ketones (excluding diaryl/α,β-unsaturated/α-hetero) is 1. The van der Waals surface area contributed by atoms with Gasteiger partial charge in [-0.15, -0.1) is 11.3 Å². The number of ketones is 1. The highest BCUT2D eigenvalue weighted by atomic mass is 79.9. The summed E-state index contributed by atoms with van der Waals surface area (Å²) in [6, 6.07) is 1.89. The molecule has 3 nitrogen and oxygen atoms in total. The number of likely N-dealkylation sites (N-methyl/N-ethyl adjacent to an activating group) is 1. The number of hydrogen-bond acceptors (Lipinski definition) is 4. The fourth-order valence-electron chi connectivity index (χ4n) is 1.55. The molecule has 0 aliphatic carbocycles. The van der Waals surface area contributed by atoms with Crippen LogP contribution in [0.25, 0.3) is 0 Å². The Balaban J connectivity index is 2.11. The average molecular weight is 290 g/mol. The third kappa shape index (κ3) is 2.47. The quantitative estimate of drug-likeness (QED) is 0.781. The van der Waals surface area contributed by atoms with Gasteiger partial charge in [-0.1, -0.05) is 0 Å². The second kappa shape index (κ2) is 4.74. The van der Waals surface area contributed by atoms with Crippen LogP contribution in [0.5, 0.6) is 0 Å². The molecule has 5 heteroatoms. The maximum atomic E-state index is 12.1. The molecule has 1 aromatic rings. The molecule has 1 aliphatic rings. The standard InChI is InChI=1S/C10H12BrNO2S/c1-12-3-4-14-8(6-12)9(13)10-7(11)2-5-15-10/h2,5,8H,3-4,6H2,1H3. The molecule has 1 atom stereocenters. The molecule has 1 aromatic heterocycles. The fourth-order valence-corrected chi connectivity index (χ4v) is 3.10. The maximum Gasteiger partial charge on any atom is 0.203 e. The van der Waals surface area contributed by atoms with E-state index in [4.69, 9.17) is 4.74 Å². The Morgan fingerprint density at radius 2 is 2.53 bits per heavy atom. The molecule has 0 amide bonds. The number of thiophene rings is 1. The zero-order chi connectivity index (χ0) is 10.8. The number of halogens is 1. The number of carbonyl (C=O) groups is 1. The van der Waals surface area contributed by atoms with Gasteiger partial charge in [0.15, 0.2) is 0 Å². The Labute approximate surface area is 101 Å². The van der Waals surface area contributed by atoms with E-state index in [2.05, 4.69) is 20.8 Å². The van der Waals surface area contributed by atoms with Gasteiger partial charge in [0.05, 0.1) is 11.5 Å². The molecule has 1 saturated heterocycles. The Kier molecular flexibility index (Phi) is 3.56. The molecule has 82 valence electrons. The van der Waals surface area contributed by atoms with Crippen LogP contribution in [0.15, 0.2) is 15.9 Å². The second-order valence-corrected chi connectivity index (χ2v) is 5.35. The van der Waals surface area contributed by atoms with Crippen LogP contribution in [-0.2, 0) is 4.74 Å². The van der Waals surface area contributed by atoms with Gasteiger partial charge in [-0.3, -0.25) is 4.79 Å². The topological polar surface area (TPSA) is 29.5 Å². The summed E-state index contributed by atoms with van der Waals surface area (Å²) in [7, 11) is 2.01. The van der Waals surface area contributed by atoms with Crippen molar-refractivity contribution in [2.24, 2.45) is 0 Å². The van der Waals surface area contributed by atoms with Gasteiger partial charge in [-0.05, 0) is 34.4 Å². The fraction of sp³-hybridized carbons (Fsp3) is 0.500. The third-order valence-electron chi connectivity index (χ3n) is 2.40. The van der Waals surface area contributed by atoms with Crippen LogP contribution in [-0.4, -0.2) is 43.5 Å². The minimum absolute atomic E-state index is 0.0865. The normalized spacial score (nSPS) is 22.9. The van der Waals surface area contributed by atoms with Gasteiger partial charge in [0.1, 0.15) is 6.10 Å². The van der Waals surface area contributed by atoms with Gasteiger partial charge < -0.3 is 9.64 Å². The largest absolute Gasteiger partial charge is 0.367 e. The van der Waals surface area contributed by atoms with Crippen molar-refractivity contribution < 1.29 is 9.53 Å². The number of nitrogens with zero attached hydrogens (tertiary/aromatic N) is 1. The van der Waals surface area contributed by atoms with E-state index in [1.54, 1.807) is 0 Å². The lowest BCUT2D eigenvalue weighted by molar-refractivity contribution is -0.00843. The Morgan fingerprint density at radius 1 is 1.73 bits per heavy atom. The third-order valence-corrected chi connectivity index (χ3v) is 4.26. The first-order valence-electron chi connectivity index (χ1n) is 4.76. The predicted octanol–water partition coefficient (Wildman–Crippen LogP) is 2.02. The van der Waals surface area contributed by atoms with Gasteiger partial charge >= 0.3 is 0 Å². The van der Waals surface area contributed by atoms with Crippen molar-refractivity contribution in [3.63, 3.8) is 0 Å². The van der Waals surface area contributed by atoms with Crippen molar-refractivity contribution in [3.05, 3.63) is 20.8 Å². The van der Waals surface area contributed by atoms with Crippen LogP contribution in [0.4, 0.5) is 0 Å². The molecule has 1 aliphatic heterocycles. The molecular formula is C10H12BrNO2S. The summed E-state index contributed by atoms with van der Waals surface area (Å²) in [6.45, 7) is 2.22. The highest BCUT2D eigenvalue weighted by Gasteiger charge is 2.27. The van der Waals surface area contributed by atoms with Crippen LogP contribution < -0.4 is 0 Å². The van der Waals surface area contributed by atoms with Crippen LogP contribution in [0.3, 0.4) is 0 Å². The monoisotopic (exact) mass is 289 g/mol. The van der Waals surface area contributed by atoms with Gasteiger partial charge in [-0.2, -0.15) is 0 Å². The first-order chi connectivity index (χ1) is 7.18. The van der Waals surface area contributed by atoms with E-state index in [0.29, 0.717) is 13.2 Å². The SMILES string of the molecule is CN1CCOC(C(=O)c2sccc2Br)C1. The molecule has 0 radical (unpaired) electrons. The first kappa shape index (κ1) is 11.3. The highest BCUT2D eigenvalue weighted by Crippen LogP contribution is 2.25. The van der Waals surface area contributed by atoms with Crippen molar-refractivity contribution in [3.8, 4) is 0 Å². The number of ether oxygens (including phenoxy) is 1. The summed E-state index contributed by atoms with van der Waals surface area (Å²) in [4.78, 5) is 14.9. The van der Waals surface area contributed by atoms with Gasteiger partial charge in [-0.25, -0.2) is 0 Å². The van der Waals surface area contributed by atoms with E-state index < -0.39 is 0 Å². The molecule has 2 rings (SSSR count). The number of morpholine rings is 1. The zero-order valence-electron chi connectivity index (χ0n) is 8.40. The molecule has 1 unspecified atom stereocenters. The average Bonchev–Trinajstić information content (AvgIpc) is 2.63. The Bertz CT molecular complexity index is 366. The van der Waals surface area contributed by atoms with Crippen molar-refractivity contribution in [1.29, 1.82) is 0 Å². The van der Waals surface area contributed by atoms with Gasteiger partial charge in [0, 0.05) is 17.6 Å². The second-order valence-electron chi connectivity index (χ2n) is 3.58. The summed E-state index contributed by atoms with van der Waals surface area (Å²) in [6.07, 6.45) is -0.307. The number of hydrogen-bond donors (Lipinski definition) is 0. The van der Waals surface area contributed by atoms with Crippen LogP contribution >= 0.6 is 27.3 Å². The van der Waals surface area contributed by atoms with E-state index in [1.807, 2.05) is 18.5 Å². The van der Waals surface area contributed by atoms with Crippen LogP contribution in [0, 0.1) is 0 Å². The number of rotatable bonds is 2. The molecule has 15 heavy (non-hydrogen) atoms. The number of carbonyl (C=O) groups excluding carboxylic acids is 1.